The molecule has 106 valence electrons. The Bertz CT molecular complexity index is 250. The number of aliphatic hydroxyl groups is 2. The van der Waals surface area contributed by atoms with Crippen molar-refractivity contribution in [1.82, 2.24) is 0 Å². The normalized spacial score (nSPS) is 14.2. The lowest BCUT2D eigenvalue weighted by Crippen LogP contribution is -2.36. The van der Waals surface area contributed by atoms with Gasteiger partial charge in [-0.3, -0.25) is 9.59 Å². The van der Waals surface area contributed by atoms with E-state index in [4.69, 9.17) is 0 Å². The minimum Gasteiger partial charge on any atom is -0.385 e. The SMILES string of the molecule is CCCCCCC(O)C(=O)C(=O)C(O)CCCC. The molecular weight excluding hydrogens is 232 g/mol. The van der Waals surface area contributed by atoms with Crippen molar-refractivity contribution in [3.05, 3.63) is 0 Å². The number of hydrogen-bond acceptors (Lipinski definition) is 4. The van der Waals surface area contributed by atoms with E-state index in [0.29, 0.717) is 19.3 Å². The van der Waals surface area contributed by atoms with Crippen LogP contribution in [0.2, 0.25) is 0 Å². The van der Waals surface area contributed by atoms with Gasteiger partial charge in [0.2, 0.25) is 11.6 Å². The standard InChI is InChI=1S/C14H26O4/c1-3-5-7-8-10-12(16)14(18)13(17)11(15)9-6-4-2/h11-12,15-16H,3-10H2,1-2H3. The zero-order valence-electron chi connectivity index (χ0n) is 11.5. The van der Waals surface area contributed by atoms with E-state index >= 15 is 0 Å². The summed E-state index contributed by atoms with van der Waals surface area (Å²) in [5.41, 5.74) is 0. The van der Waals surface area contributed by atoms with E-state index < -0.39 is 23.8 Å². The lowest BCUT2D eigenvalue weighted by atomic mass is 9.99. The largest absolute Gasteiger partial charge is 0.385 e. The Morgan fingerprint density at radius 2 is 1.22 bits per heavy atom. The molecule has 0 fully saturated rings. The summed E-state index contributed by atoms with van der Waals surface area (Å²) in [4.78, 5) is 23.1. The smallest absolute Gasteiger partial charge is 0.229 e. The van der Waals surface area contributed by atoms with Gasteiger partial charge in [-0.05, 0) is 12.8 Å². The molecule has 2 atom stereocenters. The van der Waals surface area contributed by atoms with Crippen LogP contribution >= 0.6 is 0 Å². The highest BCUT2D eigenvalue weighted by molar-refractivity contribution is 6.40. The van der Waals surface area contributed by atoms with Gasteiger partial charge >= 0.3 is 0 Å². The van der Waals surface area contributed by atoms with E-state index in [0.717, 1.165) is 32.1 Å². The zero-order valence-corrected chi connectivity index (χ0v) is 11.5. The molecule has 0 aliphatic heterocycles. The Labute approximate surface area is 109 Å². The van der Waals surface area contributed by atoms with Crippen molar-refractivity contribution >= 4 is 11.6 Å². The van der Waals surface area contributed by atoms with Gasteiger partial charge in [0.05, 0.1) is 0 Å². The second kappa shape index (κ2) is 10.2. The Morgan fingerprint density at radius 3 is 1.67 bits per heavy atom. The maximum absolute atomic E-state index is 11.6. The fourth-order valence-corrected chi connectivity index (χ4v) is 1.75. The van der Waals surface area contributed by atoms with Gasteiger partial charge in [-0.2, -0.15) is 0 Å². The highest BCUT2D eigenvalue weighted by Crippen LogP contribution is 2.09. The van der Waals surface area contributed by atoms with Crippen LogP contribution in [0.1, 0.15) is 65.2 Å². The lowest BCUT2D eigenvalue weighted by molar-refractivity contribution is -0.146. The van der Waals surface area contributed by atoms with Gasteiger partial charge in [0.15, 0.2) is 0 Å². The molecule has 18 heavy (non-hydrogen) atoms. The van der Waals surface area contributed by atoms with E-state index in [1.807, 2.05) is 6.92 Å². The molecule has 4 nitrogen and oxygen atoms in total. The molecule has 0 rings (SSSR count). The average Bonchev–Trinajstić information content (AvgIpc) is 2.38. The average molecular weight is 258 g/mol. The molecule has 0 amide bonds. The van der Waals surface area contributed by atoms with E-state index in [2.05, 4.69) is 6.92 Å². The van der Waals surface area contributed by atoms with Gasteiger partial charge in [0, 0.05) is 0 Å². The van der Waals surface area contributed by atoms with E-state index in [9.17, 15) is 19.8 Å². The molecule has 0 spiro atoms. The molecule has 0 saturated heterocycles. The summed E-state index contributed by atoms with van der Waals surface area (Å²) in [7, 11) is 0. The van der Waals surface area contributed by atoms with Crippen LogP contribution in [-0.2, 0) is 9.59 Å². The predicted molar refractivity (Wildman–Crippen MR) is 70.3 cm³/mol. The van der Waals surface area contributed by atoms with Crippen LogP contribution in [0.25, 0.3) is 0 Å². The molecule has 0 aromatic carbocycles. The molecular formula is C14H26O4. The van der Waals surface area contributed by atoms with Crippen LogP contribution < -0.4 is 0 Å². The second-order valence-electron chi connectivity index (χ2n) is 4.75. The monoisotopic (exact) mass is 258 g/mol. The van der Waals surface area contributed by atoms with Crippen LogP contribution in [0.4, 0.5) is 0 Å². The van der Waals surface area contributed by atoms with Crippen LogP contribution in [0.5, 0.6) is 0 Å². The number of Topliss-reactive ketones (excluding diaryl/α,β-unsaturated/α-hetero) is 2. The number of ketones is 2. The highest BCUT2D eigenvalue weighted by Gasteiger charge is 2.27. The molecule has 0 saturated carbocycles. The number of rotatable bonds is 11. The molecule has 0 heterocycles. The predicted octanol–water partition coefficient (Wildman–Crippen LogP) is 2.01. The first-order valence-electron chi connectivity index (χ1n) is 6.98. The Kier molecular flexibility index (Phi) is 9.79. The Balaban J connectivity index is 3.99. The summed E-state index contributed by atoms with van der Waals surface area (Å²) in [6.07, 6.45) is 3.51. The van der Waals surface area contributed by atoms with E-state index in [1.165, 1.54) is 0 Å². The zero-order chi connectivity index (χ0) is 14.0. The number of unbranched alkanes of at least 4 members (excludes halogenated alkanes) is 4. The van der Waals surface area contributed by atoms with Gasteiger partial charge < -0.3 is 10.2 Å². The summed E-state index contributed by atoms with van der Waals surface area (Å²) in [6.45, 7) is 4.02. The van der Waals surface area contributed by atoms with Crippen LogP contribution in [-0.4, -0.2) is 34.0 Å². The van der Waals surface area contributed by atoms with Crippen molar-refractivity contribution in [1.29, 1.82) is 0 Å². The number of carbonyl (C=O) groups is 2. The molecule has 0 aliphatic rings. The Hall–Kier alpha value is -0.740. The van der Waals surface area contributed by atoms with E-state index in [1.54, 1.807) is 0 Å². The first-order chi connectivity index (χ1) is 8.54. The molecule has 0 aromatic heterocycles. The summed E-state index contributed by atoms with van der Waals surface area (Å²) in [6, 6.07) is 0. The number of aliphatic hydroxyl groups excluding tert-OH is 2. The fraction of sp³-hybridized carbons (Fsp3) is 0.857. The van der Waals surface area contributed by atoms with Crippen molar-refractivity contribution in [3.63, 3.8) is 0 Å². The third kappa shape index (κ3) is 6.87. The van der Waals surface area contributed by atoms with Crippen LogP contribution in [0, 0.1) is 0 Å². The molecule has 0 radical (unpaired) electrons. The van der Waals surface area contributed by atoms with Gasteiger partial charge in [-0.15, -0.1) is 0 Å². The molecule has 0 aliphatic carbocycles. The third-order valence-corrected chi connectivity index (χ3v) is 3.01. The first kappa shape index (κ1) is 17.3. The van der Waals surface area contributed by atoms with Gasteiger partial charge in [-0.1, -0.05) is 52.4 Å². The Morgan fingerprint density at radius 1 is 0.778 bits per heavy atom. The maximum Gasteiger partial charge on any atom is 0.229 e. The quantitative estimate of drug-likeness (QED) is 0.439. The highest BCUT2D eigenvalue weighted by atomic mass is 16.3. The lowest BCUT2D eigenvalue weighted by Gasteiger charge is -2.12. The maximum atomic E-state index is 11.6. The van der Waals surface area contributed by atoms with Crippen molar-refractivity contribution in [3.8, 4) is 0 Å². The van der Waals surface area contributed by atoms with Crippen molar-refractivity contribution in [2.75, 3.05) is 0 Å². The molecule has 0 bridgehead atoms. The topological polar surface area (TPSA) is 74.6 Å². The summed E-state index contributed by atoms with van der Waals surface area (Å²) >= 11 is 0. The van der Waals surface area contributed by atoms with Crippen molar-refractivity contribution < 1.29 is 19.8 Å². The number of carbonyl (C=O) groups excluding carboxylic acids is 2. The van der Waals surface area contributed by atoms with E-state index in [-0.39, 0.29) is 0 Å². The van der Waals surface area contributed by atoms with Gasteiger partial charge in [-0.25, -0.2) is 0 Å². The first-order valence-corrected chi connectivity index (χ1v) is 6.98. The molecule has 2 unspecified atom stereocenters. The second-order valence-corrected chi connectivity index (χ2v) is 4.75. The summed E-state index contributed by atoms with van der Waals surface area (Å²) in [5, 5.41) is 19.1. The number of hydrogen-bond donors (Lipinski definition) is 2. The van der Waals surface area contributed by atoms with Crippen molar-refractivity contribution in [2.24, 2.45) is 0 Å². The summed E-state index contributed by atoms with van der Waals surface area (Å²) in [5.74, 6) is -1.68. The summed E-state index contributed by atoms with van der Waals surface area (Å²) < 4.78 is 0. The van der Waals surface area contributed by atoms with Gasteiger partial charge in [0.1, 0.15) is 12.2 Å². The van der Waals surface area contributed by atoms with Crippen LogP contribution in [0.3, 0.4) is 0 Å². The minimum absolute atomic E-state index is 0.295. The minimum atomic E-state index is -1.25. The molecule has 0 aromatic rings. The fourth-order valence-electron chi connectivity index (χ4n) is 1.75. The molecule has 4 heteroatoms. The van der Waals surface area contributed by atoms with Crippen LogP contribution in [0.15, 0.2) is 0 Å². The third-order valence-electron chi connectivity index (χ3n) is 3.01. The van der Waals surface area contributed by atoms with Gasteiger partial charge in [0.25, 0.3) is 0 Å². The van der Waals surface area contributed by atoms with Crippen molar-refractivity contribution in [2.45, 2.75) is 77.4 Å². The molecule has 2 N–H and O–H groups in total.